The summed E-state index contributed by atoms with van der Waals surface area (Å²) < 4.78 is 5.80. The van der Waals surface area contributed by atoms with Gasteiger partial charge in [-0.1, -0.05) is 27.7 Å². The lowest BCUT2D eigenvalue weighted by Crippen LogP contribution is -2.40. The first-order valence-electron chi connectivity index (χ1n) is 5.14. The molecule has 0 aromatic rings. The maximum absolute atomic E-state index is 5.86. The van der Waals surface area contributed by atoms with Crippen LogP contribution in [-0.4, -0.2) is 18.2 Å². The van der Waals surface area contributed by atoms with Crippen LogP contribution in [-0.2, 0) is 4.74 Å². The fraction of sp³-hybridized carbons (Fsp3) is 1.00. The molecular weight excluding hydrogens is 162 g/mol. The summed E-state index contributed by atoms with van der Waals surface area (Å²) in [5.41, 5.74) is 5.64. The van der Waals surface area contributed by atoms with Gasteiger partial charge in [-0.2, -0.15) is 0 Å². The molecule has 0 rings (SSSR count). The molecule has 0 aliphatic heterocycles. The van der Waals surface area contributed by atoms with Gasteiger partial charge < -0.3 is 10.5 Å². The minimum atomic E-state index is -0.220. The molecule has 0 saturated carbocycles. The number of rotatable bonds is 5. The summed E-state index contributed by atoms with van der Waals surface area (Å²) in [7, 11) is 0. The molecule has 0 aliphatic carbocycles. The lowest BCUT2D eigenvalue weighted by atomic mass is 9.96. The van der Waals surface area contributed by atoms with Crippen LogP contribution < -0.4 is 5.73 Å². The second-order valence-electron chi connectivity index (χ2n) is 5.25. The summed E-state index contributed by atoms with van der Waals surface area (Å²) in [6, 6.07) is 0. The quantitative estimate of drug-likeness (QED) is 0.717. The third-order valence-corrected chi connectivity index (χ3v) is 1.96. The van der Waals surface area contributed by atoms with E-state index in [1.54, 1.807) is 0 Å². The molecule has 0 aromatic heterocycles. The van der Waals surface area contributed by atoms with E-state index >= 15 is 0 Å². The smallest absolute Gasteiger partial charge is 0.0644 e. The standard InChI is InChI=1S/C11H25NO/c1-8(2)10(9(3)4)13-7-11(5,6)12/h8-10H,7,12H2,1-6H3. The van der Waals surface area contributed by atoms with Crippen LogP contribution >= 0.6 is 0 Å². The molecule has 0 amide bonds. The average molecular weight is 187 g/mol. The molecule has 0 heterocycles. The zero-order chi connectivity index (χ0) is 10.6. The van der Waals surface area contributed by atoms with Gasteiger partial charge >= 0.3 is 0 Å². The first-order chi connectivity index (χ1) is 5.74. The molecule has 0 unspecified atom stereocenters. The molecule has 2 heteroatoms. The molecule has 80 valence electrons. The van der Waals surface area contributed by atoms with Crippen molar-refractivity contribution in [3.63, 3.8) is 0 Å². The first kappa shape index (κ1) is 12.9. The summed E-state index contributed by atoms with van der Waals surface area (Å²) in [6.07, 6.45) is 0.322. The Hall–Kier alpha value is -0.0800. The van der Waals surface area contributed by atoms with Crippen molar-refractivity contribution in [2.24, 2.45) is 17.6 Å². The molecular formula is C11H25NO. The largest absolute Gasteiger partial charge is 0.376 e. The number of hydrogen-bond donors (Lipinski definition) is 1. The van der Waals surface area contributed by atoms with Crippen molar-refractivity contribution in [1.29, 1.82) is 0 Å². The molecule has 2 nitrogen and oxygen atoms in total. The van der Waals surface area contributed by atoms with Crippen LogP contribution in [0.5, 0.6) is 0 Å². The van der Waals surface area contributed by atoms with Gasteiger partial charge in [-0.25, -0.2) is 0 Å². The predicted octanol–water partition coefficient (Wildman–Crippen LogP) is 2.42. The van der Waals surface area contributed by atoms with Crippen molar-refractivity contribution in [3.05, 3.63) is 0 Å². The van der Waals surface area contributed by atoms with Crippen LogP contribution in [0.1, 0.15) is 41.5 Å². The van der Waals surface area contributed by atoms with Crippen molar-refractivity contribution in [2.75, 3.05) is 6.61 Å². The molecule has 0 spiro atoms. The van der Waals surface area contributed by atoms with Gasteiger partial charge in [0.15, 0.2) is 0 Å². The Kier molecular flexibility index (Phi) is 4.93. The van der Waals surface area contributed by atoms with Gasteiger partial charge in [-0.3, -0.25) is 0 Å². The lowest BCUT2D eigenvalue weighted by Gasteiger charge is -2.29. The third-order valence-electron chi connectivity index (χ3n) is 1.96. The average Bonchev–Trinajstić information content (AvgIpc) is 1.82. The Morgan fingerprint density at radius 3 is 1.69 bits per heavy atom. The molecule has 0 saturated heterocycles. The van der Waals surface area contributed by atoms with Gasteiger partial charge in [-0.15, -0.1) is 0 Å². The van der Waals surface area contributed by atoms with Crippen molar-refractivity contribution < 1.29 is 4.74 Å². The summed E-state index contributed by atoms with van der Waals surface area (Å²) in [4.78, 5) is 0. The summed E-state index contributed by atoms with van der Waals surface area (Å²) in [5, 5.41) is 0. The highest BCUT2D eigenvalue weighted by molar-refractivity contribution is 4.74. The summed E-state index contributed by atoms with van der Waals surface area (Å²) >= 11 is 0. The van der Waals surface area contributed by atoms with E-state index < -0.39 is 0 Å². The van der Waals surface area contributed by atoms with Crippen molar-refractivity contribution in [3.8, 4) is 0 Å². The van der Waals surface area contributed by atoms with Crippen LogP contribution in [0.3, 0.4) is 0 Å². The van der Waals surface area contributed by atoms with Gasteiger partial charge in [0, 0.05) is 5.54 Å². The fourth-order valence-electron chi connectivity index (χ4n) is 1.47. The fourth-order valence-corrected chi connectivity index (χ4v) is 1.47. The van der Waals surface area contributed by atoms with Crippen molar-refractivity contribution in [2.45, 2.75) is 53.2 Å². The Morgan fingerprint density at radius 2 is 1.46 bits per heavy atom. The Labute approximate surface area is 82.8 Å². The molecule has 0 bridgehead atoms. The minimum absolute atomic E-state index is 0.220. The molecule has 2 N–H and O–H groups in total. The van der Waals surface area contributed by atoms with E-state index in [1.165, 1.54) is 0 Å². The van der Waals surface area contributed by atoms with Crippen molar-refractivity contribution in [1.82, 2.24) is 0 Å². The van der Waals surface area contributed by atoms with Crippen LogP contribution in [0.2, 0.25) is 0 Å². The first-order valence-corrected chi connectivity index (χ1v) is 5.14. The van der Waals surface area contributed by atoms with E-state index in [0.717, 1.165) is 0 Å². The summed E-state index contributed by atoms with van der Waals surface area (Å²) in [6.45, 7) is 13.4. The van der Waals surface area contributed by atoms with E-state index in [1.807, 2.05) is 13.8 Å². The van der Waals surface area contributed by atoms with Gasteiger partial charge in [0.25, 0.3) is 0 Å². The highest BCUT2D eigenvalue weighted by atomic mass is 16.5. The van der Waals surface area contributed by atoms with E-state index in [9.17, 15) is 0 Å². The van der Waals surface area contributed by atoms with Gasteiger partial charge in [-0.05, 0) is 25.7 Å². The van der Waals surface area contributed by atoms with Crippen molar-refractivity contribution >= 4 is 0 Å². The van der Waals surface area contributed by atoms with Gasteiger partial charge in [0.2, 0.25) is 0 Å². The molecule has 0 aromatic carbocycles. The number of nitrogens with two attached hydrogens (primary N) is 1. The van der Waals surface area contributed by atoms with E-state index in [-0.39, 0.29) is 5.54 Å². The Balaban J connectivity index is 3.98. The second kappa shape index (κ2) is 4.97. The highest BCUT2D eigenvalue weighted by Gasteiger charge is 2.21. The Morgan fingerprint density at radius 1 is 1.08 bits per heavy atom. The number of hydrogen-bond acceptors (Lipinski definition) is 2. The minimum Gasteiger partial charge on any atom is -0.376 e. The molecule has 0 fully saturated rings. The SMILES string of the molecule is CC(C)C(OCC(C)(C)N)C(C)C. The maximum Gasteiger partial charge on any atom is 0.0644 e. The topological polar surface area (TPSA) is 35.2 Å². The molecule has 0 radical (unpaired) electrons. The maximum atomic E-state index is 5.86. The second-order valence-corrected chi connectivity index (χ2v) is 5.25. The number of ether oxygens (including phenoxy) is 1. The zero-order valence-electron chi connectivity index (χ0n) is 9.92. The van der Waals surface area contributed by atoms with Crippen LogP contribution in [0.15, 0.2) is 0 Å². The summed E-state index contributed by atoms with van der Waals surface area (Å²) in [5.74, 6) is 1.12. The predicted molar refractivity (Wildman–Crippen MR) is 57.7 cm³/mol. The van der Waals surface area contributed by atoms with Gasteiger partial charge in [0.05, 0.1) is 12.7 Å². The molecule has 0 aliphatic rings. The molecule has 13 heavy (non-hydrogen) atoms. The van der Waals surface area contributed by atoms with Gasteiger partial charge in [0.1, 0.15) is 0 Å². The van der Waals surface area contributed by atoms with Crippen LogP contribution in [0, 0.1) is 11.8 Å². The third kappa shape index (κ3) is 6.05. The van der Waals surface area contributed by atoms with E-state index in [2.05, 4.69) is 27.7 Å². The Bertz CT molecular complexity index is 128. The van der Waals surface area contributed by atoms with E-state index in [0.29, 0.717) is 24.5 Å². The van der Waals surface area contributed by atoms with Crippen LogP contribution in [0.4, 0.5) is 0 Å². The molecule has 0 atom stereocenters. The van der Waals surface area contributed by atoms with E-state index in [4.69, 9.17) is 10.5 Å². The highest BCUT2D eigenvalue weighted by Crippen LogP contribution is 2.17. The lowest BCUT2D eigenvalue weighted by molar-refractivity contribution is -0.0257. The monoisotopic (exact) mass is 187 g/mol. The normalized spacial score (nSPS) is 13.4. The zero-order valence-corrected chi connectivity index (χ0v) is 9.92. The van der Waals surface area contributed by atoms with Crippen LogP contribution in [0.25, 0.3) is 0 Å².